The molecule has 0 saturated heterocycles. The highest BCUT2D eigenvalue weighted by Gasteiger charge is 2.20. The number of nitrogens with zero attached hydrogens (tertiary/aromatic N) is 2. The van der Waals surface area contributed by atoms with Gasteiger partial charge in [0.2, 0.25) is 0 Å². The SMILES string of the molecule is Cc1ccc(NS(=O)(=O)c2ccc(Cl)c(C(=O)Nc3cnn(C(C)(C)C)c3)c2)cc1C. The molecule has 0 unspecified atom stereocenters. The number of hydrogen-bond donors (Lipinski definition) is 2. The number of aromatic nitrogens is 2. The van der Waals surface area contributed by atoms with E-state index in [1.165, 1.54) is 24.4 Å². The molecule has 1 heterocycles. The van der Waals surface area contributed by atoms with E-state index in [9.17, 15) is 13.2 Å². The Hall–Kier alpha value is -2.84. The van der Waals surface area contributed by atoms with E-state index in [2.05, 4.69) is 15.1 Å². The maximum absolute atomic E-state index is 12.9. The number of benzene rings is 2. The Morgan fingerprint density at radius 2 is 1.74 bits per heavy atom. The summed E-state index contributed by atoms with van der Waals surface area (Å²) >= 11 is 6.19. The van der Waals surface area contributed by atoms with Gasteiger partial charge in [-0.2, -0.15) is 5.10 Å². The lowest BCUT2D eigenvalue weighted by Crippen LogP contribution is -2.22. The van der Waals surface area contributed by atoms with Gasteiger partial charge in [-0.3, -0.25) is 14.2 Å². The number of carbonyl (C=O) groups excluding carboxylic acids is 1. The summed E-state index contributed by atoms with van der Waals surface area (Å²) in [5, 5.41) is 7.09. The van der Waals surface area contributed by atoms with Gasteiger partial charge >= 0.3 is 0 Å². The first kappa shape index (κ1) is 22.8. The summed E-state index contributed by atoms with van der Waals surface area (Å²) in [6.07, 6.45) is 3.23. The molecule has 2 aromatic carbocycles. The second-order valence-corrected chi connectivity index (χ2v) is 10.4. The van der Waals surface area contributed by atoms with Crippen LogP contribution in [-0.4, -0.2) is 24.1 Å². The van der Waals surface area contributed by atoms with Crippen molar-refractivity contribution in [3.8, 4) is 0 Å². The highest BCUT2D eigenvalue weighted by molar-refractivity contribution is 7.92. The molecule has 1 aromatic heterocycles. The van der Waals surface area contributed by atoms with E-state index in [0.29, 0.717) is 11.4 Å². The quantitative estimate of drug-likeness (QED) is 0.562. The van der Waals surface area contributed by atoms with E-state index in [-0.39, 0.29) is 21.0 Å². The Morgan fingerprint density at radius 1 is 1.03 bits per heavy atom. The number of rotatable bonds is 5. The number of nitrogens with one attached hydrogen (secondary N) is 2. The van der Waals surface area contributed by atoms with Crippen molar-refractivity contribution in [3.05, 3.63) is 70.5 Å². The largest absolute Gasteiger partial charge is 0.319 e. The van der Waals surface area contributed by atoms with E-state index in [1.54, 1.807) is 23.0 Å². The molecule has 2 N–H and O–H groups in total. The van der Waals surface area contributed by atoms with E-state index in [1.807, 2.05) is 40.7 Å². The zero-order valence-corrected chi connectivity index (χ0v) is 19.6. The van der Waals surface area contributed by atoms with Crippen molar-refractivity contribution in [1.82, 2.24) is 9.78 Å². The van der Waals surface area contributed by atoms with E-state index in [0.717, 1.165) is 11.1 Å². The van der Waals surface area contributed by atoms with Crippen molar-refractivity contribution in [2.24, 2.45) is 0 Å². The van der Waals surface area contributed by atoms with Gasteiger partial charge in [-0.05, 0) is 76.1 Å². The number of halogens is 1. The third kappa shape index (κ3) is 5.26. The average molecular weight is 461 g/mol. The summed E-state index contributed by atoms with van der Waals surface area (Å²) < 4.78 is 30.0. The molecule has 31 heavy (non-hydrogen) atoms. The molecule has 0 aliphatic rings. The number of amides is 1. The van der Waals surface area contributed by atoms with Crippen molar-refractivity contribution < 1.29 is 13.2 Å². The zero-order chi connectivity index (χ0) is 23.0. The van der Waals surface area contributed by atoms with Crippen LogP contribution >= 0.6 is 11.6 Å². The number of hydrogen-bond acceptors (Lipinski definition) is 4. The van der Waals surface area contributed by atoms with Crippen LogP contribution in [-0.2, 0) is 15.6 Å². The van der Waals surface area contributed by atoms with Gasteiger partial charge in [-0.1, -0.05) is 17.7 Å². The molecule has 0 radical (unpaired) electrons. The molecule has 0 saturated carbocycles. The topological polar surface area (TPSA) is 93.1 Å². The lowest BCUT2D eigenvalue weighted by Gasteiger charge is -2.18. The third-order valence-corrected chi connectivity index (χ3v) is 6.49. The monoisotopic (exact) mass is 460 g/mol. The summed E-state index contributed by atoms with van der Waals surface area (Å²) in [4.78, 5) is 12.7. The van der Waals surface area contributed by atoms with Gasteiger partial charge in [-0.15, -0.1) is 0 Å². The normalized spacial score (nSPS) is 11.9. The lowest BCUT2D eigenvalue weighted by atomic mass is 10.1. The second kappa shape index (κ2) is 8.36. The predicted molar refractivity (Wildman–Crippen MR) is 123 cm³/mol. The van der Waals surface area contributed by atoms with Crippen LogP contribution in [0.4, 0.5) is 11.4 Å². The summed E-state index contributed by atoms with van der Waals surface area (Å²) in [7, 11) is -3.91. The fourth-order valence-electron chi connectivity index (χ4n) is 2.82. The summed E-state index contributed by atoms with van der Waals surface area (Å²) in [6.45, 7) is 9.81. The van der Waals surface area contributed by atoms with Crippen LogP contribution in [0.25, 0.3) is 0 Å². The standard InChI is InChI=1S/C22H25ClN4O3S/c1-14-6-7-16(10-15(14)2)26-31(29,30)18-8-9-20(23)19(11-18)21(28)25-17-12-24-27(13-17)22(3,4)5/h6-13,26H,1-5H3,(H,25,28). The summed E-state index contributed by atoms with van der Waals surface area (Å²) in [5.74, 6) is -0.526. The maximum Gasteiger partial charge on any atom is 0.261 e. The fourth-order valence-corrected chi connectivity index (χ4v) is 4.10. The Morgan fingerprint density at radius 3 is 2.35 bits per heavy atom. The lowest BCUT2D eigenvalue weighted by molar-refractivity contribution is 0.102. The first-order valence-corrected chi connectivity index (χ1v) is 11.5. The molecule has 0 aliphatic heterocycles. The molecule has 3 aromatic rings. The van der Waals surface area contributed by atoms with E-state index < -0.39 is 15.9 Å². The van der Waals surface area contributed by atoms with Crippen LogP contribution in [0.15, 0.2) is 53.7 Å². The smallest absolute Gasteiger partial charge is 0.261 e. The van der Waals surface area contributed by atoms with E-state index in [4.69, 9.17) is 11.6 Å². The van der Waals surface area contributed by atoms with Crippen LogP contribution < -0.4 is 10.0 Å². The Labute approximate surface area is 187 Å². The molecule has 9 heteroatoms. The Balaban J connectivity index is 1.85. The average Bonchev–Trinajstić information content (AvgIpc) is 3.13. The number of carbonyl (C=O) groups is 1. The van der Waals surface area contributed by atoms with Gasteiger partial charge in [0.15, 0.2) is 0 Å². The van der Waals surface area contributed by atoms with Gasteiger partial charge in [0.25, 0.3) is 15.9 Å². The third-order valence-electron chi connectivity index (χ3n) is 4.78. The minimum absolute atomic E-state index is 0.0492. The number of sulfonamides is 1. The van der Waals surface area contributed by atoms with E-state index >= 15 is 0 Å². The first-order valence-electron chi connectivity index (χ1n) is 9.63. The van der Waals surface area contributed by atoms with Crippen LogP contribution in [0.2, 0.25) is 5.02 Å². The van der Waals surface area contributed by atoms with Gasteiger partial charge in [-0.25, -0.2) is 8.42 Å². The summed E-state index contributed by atoms with van der Waals surface area (Å²) in [5.41, 5.74) is 2.76. The molecule has 7 nitrogen and oxygen atoms in total. The molecule has 3 rings (SSSR count). The molecule has 1 amide bonds. The van der Waals surface area contributed by atoms with Crippen molar-refractivity contribution in [1.29, 1.82) is 0 Å². The van der Waals surface area contributed by atoms with Crippen molar-refractivity contribution in [2.45, 2.75) is 45.1 Å². The van der Waals surface area contributed by atoms with Gasteiger partial charge < -0.3 is 5.32 Å². The molecular weight excluding hydrogens is 436 g/mol. The molecule has 0 spiro atoms. The van der Waals surface area contributed by atoms with Gasteiger partial charge in [0.1, 0.15) is 0 Å². The van der Waals surface area contributed by atoms with Gasteiger partial charge in [0.05, 0.1) is 32.9 Å². The van der Waals surface area contributed by atoms with Crippen molar-refractivity contribution in [3.63, 3.8) is 0 Å². The second-order valence-electron chi connectivity index (χ2n) is 8.34. The van der Waals surface area contributed by atoms with Crippen molar-refractivity contribution >= 4 is 38.9 Å². The maximum atomic E-state index is 12.9. The van der Waals surface area contributed by atoms with Crippen LogP contribution in [0.1, 0.15) is 42.3 Å². The van der Waals surface area contributed by atoms with Gasteiger partial charge in [0, 0.05) is 11.9 Å². The minimum atomic E-state index is -3.91. The highest BCUT2D eigenvalue weighted by atomic mass is 35.5. The molecule has 0 aliphatic carbocycles. The highest BCUT2D eigenvalue weighted by Crippen LogP contribution is 2.25. The fraction of sp³-hybridized carbons (Fsp3) is 0.273. The Bertz CT molecular complexity index is 1240. The van der Waals surface area contributed by atoms with Crippen LogP contribution in [0, 0.1) is 13.8 Å². The molecule has 164 valence electrons. The van der Waals surface area contributed by atoms with Crippen molar-refractivity contribution in [2.75, 3.05) is 10.0 Å². The molecule has 0 fully saturated rings. The summed E-state index contributed by atoms with van der Waals surface area (Å²) in [6, 6.07) is 9.30. The molecule has 0 atom stereocenters. The predicted octanol–water partition coefficient (Wildman–Crippen LogP) is 4.96. The minimum Gasteiger partial charge on any atom is -0.319 e. The Kier molecular flexibility index (Phi) is 6.16. The zero-order valence-electron chi connectivity index (χ0n) is 18.0. The number of anilines is 2. The molecule has 0 bridgehead atoms. The number of aryl methyl sites for hydroxylation is 2. The first-order chi connectivity index (χ1) is 14.4. The molecular formula is C22H25ClN4O3S. The van der Waals surface area contributed by atoms with Crippen LogP contribution in [0.5, 0.6) is 0 Å². The van der Waals surface area contributed by atoms with Crippen LogP contribution in [0.3, 0.4) is 0 Å².